The summed E-state index contributed by atoms with van der Waals surface area (Å²) in [6.07, 6.45) is 24.0. The van der Waals surface area contributed by atoms with E-state index in [1.54, 1.807) is 11.6 Å². The first-order valence-corrected chi connectivity index (χ1v) is 13.1. The second-order valence-corrected chi connectivity index (χ2v) is 10.2. The van der Waals surface area contributed by atoms with Crippen LogP contribution < -0.4 is 0 Å². The Bertz CT molecular complexity index is 650. The van der Waals surface area contributed by atoms with Crippen molar-refractivity contribution in [1.29, 1.82) is 0 Å². The highest BCUT2D eigenvalue weighted by atomic mass is 19.1. The lowest BCUT2D eigenvalue weighted by Crippen LogP contribution is -2.16. The average molecular weight is 413 g/mol. The van der Waals surface area contributed by atoms with E-state index in [1.165, 1.54) is 83.5 Å². The lowest BCUT2D eigenvalue weighted by atomic mass is 9.76. The number of aryl methyl sites for hydroxylation is 2. The fourth-order valence-corrected chi connectivity index (χ4v) is 5.73. The van der Waals surface area contributed by atoms with E-state index < -0.39 is 0 Å². The Morgan fingerprint density at radius 3 is 2.20 bits per heavy atom. The molecule has 0 bridgehead atoms. The maximum absolute atomic E-state index is 14.0. The van der Waals surface area contributed by atoms with Crippen LogP contribution in [0, 0.1) is 23.6 Å². The van der Waals surface area contributed by atoms with Gasteiger partial charge >= 0.3 is 0 Å². The molecule has 0 amide bonds. The minimum absolute atomic E-state index is 0.0253. The number of allylic oxidation sites excluding steroid dienone is 2. The molecule has 2 aliphatic rings. The molecule has 0 aliphatic heterocycles. The Morgan fingerprint density at radius 2 is 1.57 bits per heavy atom. The molecule has 3 rings (SSSR count). The van der Waals surface area contributed by atoms with Crippen molar-refractivity contribution in [3.63, 3.8) is 0 Å². The van der Waals surface area contributed by atoms with Crippen LogP contribution in [0.1, 0.15) is 115 Å². The van der Waals surface area contributed by atoms with E-state index in [2.05, 4.69) is 19.1 Å². The van der Waals surface area contributed by atoms with E-state index in [9.17, 15) is 4.39 Å². The molecule has 0 aromatic heterocycles. The summed E-state index contributed by atoms with van der Waals surface area (Å²) in [4.78, 5) is 0. The molecule has 168 valence electrons. The van der Waals surface area contributed by atoms with E-state index in [0.29, 0.717) is 0 Å². The van der Waals surface area contributed by atoms with Gasteiger partial charge in [-0.3, -0.25) is 0 Å². The molecule has 1 heteroatoms. The fraction of sp³-hybridized carbons (Fsp3) is 0.724. The van der Waals surface area contributed by atoms with Crippen LogP contribution in [0.25, 0.3) is 0 Å². The van der Waals surface area contributed by atoms with E-state index in [4.69, 9.17) is 0 Å². The summed E-state index contributed by atoms with van der Waals surface area (Å²) in [6.45, 7) is 4.33. The zero-order chi connectivity index (χ0) is 21.2. The van der Waals surface area contributed by atoms with Crippen LogP contribution in [0.5, 0.6) is 0 Å². The van der Waals surface area contributed by atoms with Crippen molar-refractivity contribution in [2.75, 3.05) is 0 Å². The third kappa shape index (κ3) is 7.54. The smallest absolute Gasteiger partial charge is 0.126 e. The van der Waals surface area contributed by atoms with Crippen LogP contribution in [0.3, 0.4) is 0 Å². The second-order valence-electron chi connectivity index (χ2n) is 10.2. The number of unbranched alkanes of at least 4 members (excludes halogenated alkanes) is 2. The third-order valence-corrected chi connectivity index (χ3v) is 8.01. The van der Waals surface area contributed by atoms with Gasteiger partial charge in [0.1, 0.15) is 5.82 Å². The average Bonchev–Trinajstić information content (AvgIpc) is 2.78. The van der Waals surface area contributed by atoms with Gasteiger partial charge in [-0.05, 0) is 79.9 Å². The van der Waals surface area contributed by atoms with E-state index in [0.717, 1.165) is 48.1 Å². The fourth-order valence-electron chi connectivity index (χ4n) is 5.73. The largest absolute Gasteiger partial charge is 0.207 e. The van der Waals surface area contributed by atoms with Gasteiger partial charge in [-0.1, -0.05) is 95.4 Å². The molecule has 0 N–H and O–H groups in total. The summed E-state index contributed by atoms with van der Waals surface area (Å²) < 4.78 is 14.0. The van der Waals surface area contributed by atoms with Gasteiger partial charge in [0.2, 0.25) is 0 Å². The number of hydrogen-bond acceptors (Lipinski definition) is 0. The highest BCUT2D eigenvalue weighted by Crippen LogP contribution is 2.37. The van der Waals surface area contributed by atoms with Crippen LogP contribution in [0.15, 0.2) is 29.8 Å². The Balaban J connectivity index is 1.31. The van der Waals surface area contributed by atoms with Crippen LogP contribution in [-0.4, -0.2) is 0 Å². The minimum atomic E-state index is -0.0253. The van der Waals surface area contributed by atoms with E-state index in [-0.39, 0.29) is 5.82 Å². The Hall–Kier alpha value is -1.11. The highest BCUT2D eigenvalue weighted by Gasteiger charge is 2.22. The molecule has 1 aromatic rings. The standard InChI is InChI=1S/C29H45F/c1-3-5-6-7-23-8-10-24(11-9-23)12-13-25-14-16-26(17-15-25)18-19-27-20-21-28(4-2)29(30)22-27/h16,20-25H,3-15,17-19H2,1-2H3/t23-,24-,25?. The number of rotatable bonds is 11. The highest BCUT2D eigenvalue weighted by molar-refractivity contribution is 5.25. The van der Waals surface area contributed by atoms with Gasteiger partial charge in [-0.2, -0.15) is 0 Å². The summed E-state index contributed by atoms with van der Waals surface area (Å²) in [5, 5.41) is 0. The topological polar surface area (TPSA) is 0 Å². The van der Waals surface area contributed by atoms with Crippen LogP contribution in [0.4, 0.5) is 4.39 Å². The zero-order valence-corrected chi connectivity index (χ0v) is 19.7. The van der Waals surface area contributed by atoms with E-state index in [1.807, 2.05) is 13.0 Å². The normalized spacial score (nSPS) is 24.6. The van der Waals surface area contributed by atoms with Crippen LogP contribution in [-0.2, 0) is 12.8 Å². The molecule has 0 saturated heterocycles. The van der Waals surface area contributed by atoms with Gasteiger partial charge in [0.05, 0.1) is 0 Å². The van der Waals surface area contributed by atoms with Crippen molar-refractivity contribution in [1.82, 2.24) is 0 Å². The van der Waals surface area contributed by atoms with E-state index >= 15 is 0 Å². The van der Waals surface area contributed by atoms with Gasteiger partial charge in [0.25, 0.3) is 0 Å². The SMILES string of the molecule is CCCCC[C@H]1CC[C@H](CCC2CC=C(CCc3ccc(CC)c(F)c3)CC2)CC1. The molecule has 1 unspecified atom stereocenters. The van der Waals surface area contributed by atoms with Gasteiger partial charge in [0.15, 0.2) is 0 Å². The summed E-state index contributed by atoms with van der Waals surface area (Å²) in [5.74, 6) is 2.94. The van der Waals surface area contributed by atoms with Crippen molar-refractivity contribution in [3.8, 4) is 0 Å². The van der Waals surface area contributed by atoms with Gasteiger partial charge < -0.3 is 0 Å². The van der Waals surface area contributed by atoms with Gasteiger partial charge in [-0.25, -0.2) is 4.39 Å². The van der Waals surface area contributed by atoms with Crippen LogP contribution >= 0.6 is 0 Å². The molecule has 1 saturated carbocycles. The summed E-state index contributed by atoms with van der Waals surface area (Å²) in [7, 11) is 0. The second kappa shape index (κ2) is 12.7. The minimum Gasteiger partial charge on any atom is -0.207 e. The summed E-state index contributed by atoms with van der Waals surface area (Å²) in [5.41, 5.74) is 3.60. The van der Waals surface area contributed by atoms with Crippen molar-refractivity contribution < 1.29 is 4.39 Å². The molecule has 1 atom stereocenters. The quantitative estimate of drug-likeness (QED) is 0.251. The lowest BCUT2D eigenvalue weighted by Gasteiger charge is -2.30. The molecule has 1 aromatic carbocycles. The summed E-state index contributed by atoms with van der Waals surface area (Å²) >= 11 is 0. The van der Waals surface area contributed by atoms with Crippen molar-refractivity contribution in [2.24, 2.45) is 17.8 Å². The molecule has 1 fully saturated rings. The first-order valence-electron chi connectivity index (χ1n) is 13.1. The summed E-state index contributed by atoms with van der Waals surface area (Å²) in [6, 6.07) is 5.84. The monoisotopic (exact) mass is 412 g/mol. The molecule has 0 heterocycles. The number of halogens is 1. The zero-order valence-electron chi connectivity index (χ0n) is 19.7. The molecule has 2 aliphatic carbocycles. The van der Waals surface area contributed by atoms with Crippen molar-refractivity contribution in [3.05, 3.63) is 46.8 Å². The number of benzene rings is 1. The Labute approximate surface area is 185 Å². The Morgan fingerprint density at radius 1 is 0.833 bits per heavy atom. The molecular weight excluding hydrogens is 367 g/mol. The van der Waals surface area contributed by atoms with Crippen molar-refractivity contribution >= 4 is 0 Å². The Kier molecular flexibility index (Phi) is 9.95. The molecule has 30 heavy (non-hydrogen) atoms. The molecular formula is C29H45F. The maximum Gasteiger partial charge on any atom is 0.126 e. The maximum atomic E-state index is 14.0. The predicted octanol–water partition coefficient (Wildman–Crippen LogP) is 9.21. The lowest BCUT2D eigenvalue weighted by molar-refractivity contribution is 0.234. The van der Waals surface area contributed by atoms with Gasteiger partial charge in [-0.15, -0.1) is 0 Å². The molecule has 0 radical (unpaired) electrons. The first kappa shape index (κ1) is 23.6. The number of hydrogen-bond donors (Lipinski definition) is 0. The molecule has 0 nitrogen and oxygen atoms in total. The molecule has 0 spiro atoms. The van der Waals surface area contributed by atoms with Crippen LogP contribution in [0.2, 0.25) is 0 Å². The predicted molar refractivity (Wildman–Crippen MR) is 128 cm³/mol. The van der Waals surface area contributed by atoms with Crippen molar-refractivity contribution in [2.45, 2.75) is 117 Å². The third-order valence-electron chi connectivity index (χ3n) is 8.01. The van der Waals surface area contributed by atoms with Gasteiger partial charge in [0, 0.05) is 0 Å². The first-order chi connectivity index (χ1) is 14.7.